The number of carbonyl (C=O) groups is 2. The van der Waals surface area contributed by atoms with Gasteiger partial charge in [-0.05, 0) is 30.3 Å². The minimum absolute atomic E-state index is 0.0855. The Balaban J connectivity index is 1.48. The highest BCUT2D eigenvalue weighted by atomic mass is 32.2. The average Bonchev–Trinajstić information content (AvgIpc) is 2.64. The molecule has 130 valence electrons. The van der Waals surface area contributed by atoms with Crippen molar-refractivity contribution >= 4 is 23.6 Å². The summed E-state index contributed by atoms with van der Waals surface area (Å²) in [6.45, 7) is 1.03. The van der Waals surface area contributed by atoms with Crippen LogP contribution >= 0.6 is 11.8 Å². The van der Waals surface area contributed by atoms with Crippen molar-refractivity contribution in [1.29, 1.82) is 0 Å². The van der Waals surface area contributed by atoms with Gasteiger partial charge in [0.1, 0.15) is 19.0 Å². The van der Waals surface area contributed by atoms with Crippen LogP contribution in [0.1, 0.15) is 10.4 Å². The van der Waals surface area contributed by atoms with E-state index in [9.17, 15) is 14.7 Å². The molecule has 0 saturated heterocycles. The van der Waals surface area contributed by atoms with Crippen LogP contribution in [0.5, 0.6) is 17.2 Å². The van der Waals surface area contributed by atoms with E-state index in [-0.39, 0.29) is 23.0 Å². The summed E-state index contributed by atoms with van der Waals surface area (Å²) in [4.78, 5) is 24.6. The number of thioether (sulfide) groups is 1. The second-order valence-corrected chi connectivity index (χ2v) is 6.16. The molecule has 0 aromatic heterocycles. The maximum Gasteiger partial charge on any atom is 0.273 e. The minimum Gasteiger partial charge on any atom is -0.507 e. The molecule has 2 aromatic rings. The van der Waals surface area contributed by atoms with Crippen LogP contribution in [-0.4, -0.2) is 35.9 Å². The van der Waals surface area contributed by atoms with Crippen LogP contribution in [-0.2, 0) is 4.79 Å². The lowest BCUT2D eigenvalue weighted by molar-refractivity contribution is -0.119. The van der Waals surface area contributed by atoms with Gasteiger partial charge in [-0.1, -0.05) is 12.1 Å². The monoisotopic (exact) mass is 360 g/mol. The van der Waals surface area contributed by atoms with Gasteiger partial charge in [0.2, 0.25) is 5.91 Å². The number of carbonyl (C=O) groups excluding carboxylic acids is 2. The number of phenols is 1. The van der Waals surface area contributed by atoms with Gasteiger partial charge in [-0.15, -0.1) is 11.8 Å². The van der Waals surface area contributed by atoms with Gasteiger partial charge in [-0.25, -0.2) is 0 Å². The molecule has 25 heavy (non-hydrogen) atoms. The normalized spacial score (nSPS) is 12.3. The Kier molecular flexibility index (Phi) is 5.30. The zero-order valence-electron chi connectivity index (χ0n) is 13.2. The lowest BCUT2D eigenvalue weighted by Crippen LogP contribution is -2.42. The Morgan fingerprint density at radius 3 is 2.60 bits per heavy atom. The van der Waals surface area contributed by atoms with E-state index in [4.69, 9.17) is 9.47 Å². The van der Waals surface area contributed by atoms with Crippen LogP contribution in [0.4, 0.5) is 0 Å². The van der Waals surface area contributed by atoms with Gasteiger partial charge < -0.3 is 14.6 Å². The summed E-state index contributed by atoms with van der Waals surface area (Å²) in [5, 5.41) is 9.60. The van der Waals surface area contributed by atoms with E-state index < -0.39 is 5.91 Å². The summed E-state index contributed by atoms with van der Waals surface area (Å²) >= 11 is 1.30. The number of hydrogen-bond donors (Lipinski definition) is 3. The number of amides is 2. The lowest BCUT2D eigenvalue weighted by atomic mass is 10.2. The van der Waals surface area contributed by atoms with Crippen molar-refractivity contribution in [1.82, 2.24) is 10.9 Å². The van der Waals surface area contributed by atoms with Crippen molar-refractivity contribution in [3.8, 4) is 17.2 Å². The molecule has 3 N–H and O–H groups in total. The van der Waals surface area contributed by atoms with Crippen LogP contribution in [0.2, 0.25) is 0 Å². The molecule has 1 aliphatic rings. The highest BCUT2D eigenvalue weighted by Crippen LogP contribution is 2.34. The molecule has 3 rings (SSSR count). The second-order valence-electron chi connectivity index (χ2n) is 5.11. The molecular formula is C17H16N2O5S. The molecule has 0 radical (unpaired) electrons. The Morgan fingerprint density at radius 1 is 1.04 bits per heavy atom. The number of phenolic OH excluding ortho intramolecular Hbond substituents is 1. The van der Waals surface area contributed by atoms with E-state index in [1.54, 1.807) is 18.2 Å². The van der Waals surface area contributed by atoms with Gasteiger partial charge in [-0.3, -0.25) is 20.4 Å². The maximum atomic E-state index is 11.9. The van der Waals surface area contributed by atoms with E-state index in [0.29, 0.717) is 24.7 Å². The molecule has 8 heteroatoms. The molecule has 7 nitrogen and oxygen atoms in total. The fraction of sp³-hybridized carbons (Fsp3) is 0.176. The average molecular weight is 360 g/mol. The fourth-order valence-corrected chi connectivity index (χ4v) is 2.88. The van der Waals surface area contributed by atoms with Gasteiger partial charge in [0.05, 0.1) is 11.3 Å². The zero-order chi connectivity index (χ0) is 17.6. The first-order valence-corrected chi connectivity index (χ1v) is 8.51. The molecule has 1 heterocycles. The van der Waals surface area contributed by atoms with Crippen LogP contribution in [0.25, 0.3) is 0 Å². The second kappa shape index (κ2) is 7.80. The van der Waals surface area contributed by atoms with E-state index in [1.165, 1.54) is 23.9 Å². The van der Waals surface area contributed by atoms with Crippen molar-refractivity contribution in [3.05, 3.63) is 48.0 Å². The zero-order valence-corrected chi connectivity index (χ0v) is 14.0. The highest BCUT2D eigenvalue weighted by Gasteiger charge is 2.14. The van der Waals surface area contributed by atoms with Crippen molar-refractivity contribution in [3.63, 3.8) is 0 Å². The Hall–Kier alpha value is -2.87. The fourth-order valence-electron chi connectivity index (χ4n) is 2.16. The maximum absolute atomic E-state index is 11.9. The quantitative estimate of drug-likeness (QED) is 0.567. The summed E-state index contributed by atoms with van der Waals surface area (Å²) in [5.41, 5.74) is 4.67. The van der Waals surface area contributed by atoms with Gasteiger partial charge >= 0.3 is 0 Å². The summed E-state index contributed by atoms with van der Waals surface area (Å²) in [6, 6.07) is 11.5. The number of fused-ring (bicyclic) bond motifs is 1. The van der Waals surface area contributed by atoms with Crippen molar-refractivity contribution < 1.29 is 24.2 Å². The number of benzene rings is 2. The smallest absolute Gasteiger partial charge is 0.273 e. The first-order chi connectivity index (χ1) is 12.1. The van der Waals surface area contributed by atoms with Gasteiger partial charge in [0, 0.05) is 4.90 Å². The van der Waals surface area contributed by atoms with Gasteiger partial charge in [-0.2, -0.15) is 0 Å². The van der Waals surface area contributed by atoms with Gasteiger partial charge in [0.25, 0.3) is 5.91 Å². The van der Waals surface area contributed by atoms with E-state index in [0.717, 1.165) is 4.90 Å². The topological polar surface area (TPSA) is 96.9 Å². The number of ether oxygens (including phenoxy) is 2. The molecule has 0 fully saturated rings. The molecule has 2 amide bonds. The summed E-state index contributed by atoms with van der Waals surface area (Å²) in [5.74, 6) is 0.347. The first-order valence-electron chi connectivity index (χ1n) is 7.53. The van der Waals surface area contributed by atoms with Crippen molar-refractivity contribution in [2.45, 2.75) is 4.90 Å². The molecule has 2 aromatic carbocycles. The van der Waals surface area contributed by atoms with Crippen molar-refractivity contribution in [2.24, 2.45) is 0 Å². The molecule has 0 aliphatic carbocycles. The summed E-state index contributed by atoms with van der Waals surface area (Å²) < 4.78 is 10.9. The molecule has 1 aliphatic heterocycles. The number of hydrazine groups is 1. The largest absolute Gasteiger partial charge is 0.507 e. The molecular weight excluding hydrogens is 344 g/mol. The minimum atomic E-state index is -0.587. The van der Waals surface area contributed by atoms with Crippen molar-refractivity contribution in [2.75, 3.05) is 19.0 Å². The number of rotatable bonds is 4. The van der Waals surface area contributed by atoms with Crippen LogP contribution in [0.3, 0.4) is 0 Å². The SMILES string of the molecule is O=C(CSc1ccc2c(c1)OCCO2)NNC(=O)c1ccccc1O. The predicted molar refractivity (Wildman–Crippen MR) is 91.9 cm³/mol. The Labute approximate surface area is 148 Å². The van der Waals surface area contributed by atoms with Crippen LogP contribution < -0.4 is 20.3 Å². The third-order valence-corrected chi connectivity index (χ3v) is 4.34. The lowest BCUT2D eigenvalue weighted by Gasteiger charge is -2.18. The molecule has 0 unspecified atom stereocenters. The Bertz CT molecular complexity index is 796. The standard InChI is InChI=1S/C17H16N2O5S/c20-13-4-2-1-3-12(13)17(22)19-18-16(21)10-25-11-5-6-14-15(9-11)24-8-7-23-14/h1-6,9,20H,7-8,10H2,(H,18,21)(H,19,22). The highest BCUT2D eigenvalue weighted by molar-refractivity contribution is 8.00. The van der Waals surface area contributed by atoms with Crippen LogP contribution in [0.15, 0.2) is 47.4 Å². The summed E-state index contributed by atoms with van der Waals surface area (Å²) in [7, 11) is 0. The van der Waals surface area contributed by atoms with Crippen LogP contribution in [0, 0.1) is 0 Å². The van der Waals surface area contributed by atoms with Gasteiger partial charge in [0.15, 0.2) is 11.5 Å². The van der Waals surface area contributed by atoms with E-state index >= 15 is 0 Å². The predicted octanol–water partition coefficient (Wildman–Crippen LogP) is 1.72. The molecule has 0 saturated carbocycles. The first kappa shape index (κ1) is 17.0. The Morgan fingerprint density at radius 2 is 1.80 bits per heavy atom. The third kappa shape index (κ3) is 4.36. The number of nitrogens with one attached hydrogen (secondary N) is 2. The molecule has 0 bridgehead atoms. The number of hydrogen-bond acceptors (Lipinski definition) is 6. The van der Waals surface area contributed by atoms with E-state index in [2.05, 4.69) is 10.9 Å². The number of para-hydroxylation sites is 1. The number of aromatic hydroxyl groups is 1. The molecule has 0 atom stereocenters. The third-order valence-electron chi connectivity index (χ3n) is 3.35. The van der Waals surface area contributed by atoms with E-state index in [1.807, 2.05) is 12.1 Å². The molecule has 0 spiro atoms. The summed E-state index contributed by atoms with van der Waals surface area (Å²) in [6.07, 6.45) is 0.